The lowest BCUT2D eigenvalue weighted by atomic mass is 9.99. The van der Waals surface area contributed by atoms with Crippen molar-refractivity contribution in [3.63, 3.8) is 0 Å². The Morgan fingerprint density at radius 3 is 2.65 bits per heavy atom. The van der Waals surface area contributed by atoms with Crippen molar-refractivity contribution in [1.29, 1.82) is 0 Å². The fourth-order valence-corrected chi connectivity index (χ4v) is 3.06. The molecular weight excluding hydrogens is 300 g/mol. The maximum atomic E-state index is 12.7. The van der Waals surface area contributed by atoms with Gasteiger partial charge in [0.2, 0.25) is 11.8 Å². The summed E-state index contributed by atoms with van der Waals surface area (Å²) in [5, 5.41) is 11.1. The first-order valence-corrected chi connectivity index (χ1v) is 7.49. The lowest BCUT2D eigenvalue weighted by Crippen LogP contribution is -2.54. The molecule has 1 unspecified atom stereocenters. The molecule has 2 heterocycles. The monoisotopic (exact) mass is 316 g/mol. The lowest BCUT2D eigenvalue weighted by molar-refractivity contribution is -0.136. The van der Waals surface area contributed by atoms with Crippen LogP contribution in [0.4, 0.5) is 0 Å². The fourth-order valence-electron chi connectivity index (χ4n) is 3.06. The van der Waals surface area contributed by atoms with Crippen molar-refractivity contribution < 1.29 is 24.3 Å². The number of rotatable bonds is 4. The van der Waals surface area contributed by atoms with Crippen LogP contribution in [0.5, 0.6) is 0 Å². The zero-order valence-corrected chi connectivity index (χ0v) is 12.4. The highest BCUT2D eigenvalue weighted by Gasteiger charge is 2.45. The summed E-state index contributed by atoms with van der Waals surface area (Å²) in [6, 6.07) is 4.04. The van der Waals surface area contributed by atoms with E-state index in [1.54, 1.807) is 18.2 Å². The number of benzene rings is 1. The van der Waals surface area contributed by atoms with Crippen LogP contribution in [-0.4, -0.2) is 46.3 Å². The van der Waals surface area contributed by atoms with E-state index < -0.39 is 29.7 Å². The molecule has 4 amide bonds. The Balaban J connectivity index is 1.94. The van der Waals surface area contributed by atoms with E-state index in [0.717, 1.165) is 4.90 Å². The zero-order chi connectivity index (χ0) is 16.6. The van der Waals surface area contributed by atoms with Gasteiger partial charge in [0.15, 0.2) is 0 Å². The average molecular weight is 316 g/mol. The molecule has 1 aromatic carbocycles. The smallest absolute Gasteiger partial charge is 0.262 e. The van der Waals surface area contributed by atoms with Gasteiger partial charge < -0.3 is 5.11 Å². The van der Waals surface area contributed by atoms with Crippen molar-refractivity contribution in [2.24, 2.45) is 0 Å². The number of hydrogen-bond acceptors (Lipinski definition) is 5. The van der Waals surface area contributed by atoms with Crippen molar-refractivity contribution in [3.05, 3.63) is 34.9 Å². The Kier molecular flexibility index (Phi) is 3.96. The average Bonchev–Trinajstić information content (AvgIpc) is 2.78. The molecule has 23 heavy (non-hydrogen) atoms. The van der Waals surface area contributed by atoms with E-state index in [-0.39, 0.29) is 25.0 Å². The number of imide groups is 2. The van der Waals surface area contributed by atoms with E-state index in [1.807, 2.05) is 0 Å². The van der Waals surface area contributed by atoms with Gasteiger partial charge in [-0.05, 0) is 30.9 Å². The van der Waals surface area contributed by atoms with Crippen molar-refractivity contribution in [1.82, 2.24) is 10.2 Å². The van der Waals surface area contributed by atoms with Crippen molar-refractivity contribution in [3.8, 4) is 0 Å². The van der Waals surface area contributed by atoms with Gasteiger partial charge in [-0.25, -0.2) is 0 Å². The van der Waals surface area contributed by atoms with Crippen LogP contribution in [0, 0.1) is 0 Å². The Hall–Kier alpha value is -2.54. The summed E-state index contributed by atoms with van der Waals surface area (Å²) >= 11 is 0. The summed E-state index contributed by atoms with van der Waals surface area (Å²) < 4.78 is 0. The number of piperidine rings is 1. The van der Waals surface area contributed by atoms with Gasteiger partial charge in [0.25, 0.3) is 11.8 Å². The number of carbonyl (C=O) groups excluding carboxylic acids is 4. The molecule has 7 heteroatoms. The summed E-state index contributed by atoms with van der Waals surface area (Å²) in [6.07, 6.45) is 1.20. The minimum atomic E-state index is -0.953. The quantitative estimate of drug-likeness (QED) is 0.762. The molecule has 0 bridgehead atoms. The molecule has 0 saturated carbocycles. The number of nitrogens with zero attached hydrogens (tertiary/aromatic N) is 1. The lowest BCUT2D eigenvalue weighted by Gasteiger charge is -2.27. The number of amides is 4. The molecule has 7 nitrogen and oxygen atoms in total. The summed E-state index contributed by atoms with van der Waals surface area (Å²) in [5.41, 5.74) is 1.26. The molecule has 0 aromatic heterocycles. The zero-order valence-electron chi connectivity index (χ0n) is 12.4. The molecule has 2 N–H and O–H groups in total. The Labute approximate surface area is 132 Å². The van der Waals surface area contributed by atoms with Crippen LogP contribution >= 0.6 is 0 Å². The van der Waals surface area contributed by atoms with Crippen molar-refractivity contribution >= 4 is 23.6 Å². The predicted octanol–water partition coefficient (Wildman–Crippen LogP) is 0.0127. The van der Waals surface area contributed by atoms with Crippen molar-refractivity contribution in [2.75, 3.05) is 6.61 Å². The van der Waals surface area contributed by atoms with Crippen LogP contribution in [0.25, 0.3) is 0 Å². The second-order valence-electron chi connectivity index (χ2n) is 5.61. The minimum absolute atomic E-state index is 0.0112. The minimum Gasteiger partial charge on any atom is -0.396 e. The van der Waals surface area contributed by atoms with Crippen LogP contribution in [0.15, 0.2) is 18.2 Å². The maximum absolute atomic E-state index is 12.7. The molecule has 3 rings (SSSR count). The molecule has 1 fully saturated rings. The van der Waals surface area contributed by atoms with E-state index in [0.29, 0.717) is 24.0 Å². The number of aliphatic hydroxyl groups excluding tert-OH is 1. The molecular formula is C16H16N2O5. The fraction of sp³-hybridized carbons (Fsp3) is 0.375. The van der Waals surface area contributed by atoms with Crippen LogP contribution in [0.3, 0.4) is 0 Å². The summed E-state index contributed by atoms with van der Waals surface area (Å²) in [5.74, 6) is -2.03. The molecule has 2 aliphatic heterocycles. The van der Waals surface area contributed by atoms with E-state index in [9.17, 15) is 19.2 Å². The topological polar surface area (TPSA) is 104 Å². The van der Waals surface area contributed by atoms with Gasteiger partial charge in [0.05, 0.1) is 11.1 Å². The number of carbonyl (C=O) groups is 4. The largest absolute Gasteiger partial charge is 0.396 e. The van der Waals surface area contributed by atoms with Gasteiger partial charge in [0.1, 0.15) is 6.04 Å². The van der Waals surface area contributed by atoms with Gasteiger partial charge in [-0.2, -0.15) is 0 Å². The van der Waals surface area contributed by atoms with E-state index >= 15 is 0 Å². The first kappa shape index (κ1) is 15.4. The van der Waals surface area contributed by atoms with Gasteiger partial charge in [0, 0.05) is 13.0 Å². The van der Waals surface area contributed by atoms with E-state index in [1.165, 1.54) is 0 Å². The van der Waals surface area contributed by atoms with Crippen LogP contribution in [0.2, 0.25) is 0 Å². The highest BCUT2D eigenvalue weighted by molar-refractivity contribution is 6.24. The highest BCUT2D eigenvalue weighted by Crippen LogP contribution is 2.30. The number of fused-ring (bicyclic) bond motifs is 1. The predicted molar refractivity (Wildman–Crippen MR) is 78.5 cm³/mol. The van der Waals surface area contributed by atoms with Gasteiger partial charge in [-0.3, -0.25) is 29.4 Å². The third-order valence-electron chi connectivity index (χ3n) is 4.16. The number of hydrogen-bond donors (Lipinski definition) is 2. The Bertz CT molecular complexity index is 712. The first-order chi connectivity index (χ1) is 11.0. The van der Waals surface area contributed by atoms with Crippen LogP contribution in [0.1, 0.15) is 45.5 Å². The third kappa shape index (κ3) is 2.53. The third-order valence-corrected chi connectivity index (χ3v) is 4.16. The first-order valence-electron chi connectivity index (χ1n) is 7.49. The molecule has 1 saturated heterocycles. The number of aryl methyl sites for hydroxylation is 1. The normalized spacial score (nSPS) is 20.7. The molecule has 1 aromatic rings. The summed E-state index contributed by atoms with van der Waals surface area (Å²) in [6.45, 7) is -0.0112. The van der Waals surface area contributed by atoms with Gasteiger partial charge in [-0.15, -0.1) is 0 Å². The van der Waals surface area contributed by atoms with E-state index in [4.69, 9.17) is 5.11 Å². The summed E-state index contributed by atoms with van der Waals surface area (Å²) in [4.78, 5) is 49.4. The molecule has 0 radical (unpaired) electrons. The Morgan fingerprint density at radius 1 is 1.17 bits per heavy atom. The summed E-state index contributed by atoms with van der Waals surface area (Å²) in [7, 11) is 0. The number of aliphatic hydroxyl groups is 1. The number of nitrogens with one attached hydrogen (secondary N) is 1. The molecule has 0 spiro atoms. The second-order valence-corrected chi connectivity index (χ2v) is 5.61. The molecule has 2 aliphatic rings. The molecule has 120 valence electrons. The highest BCUT2D eigenvalue weighted by atomic mass is 16.3. The SMILES string of the molecule is O=C1CCC(N2C(=O)c3cccc(CCCO)c3C2=O)C(=O)N1. The maximum Gasteiger partial charge on any atom is 0.262 e. The van der Waals surface area contributed by atoms with Gasteiger partial charge >= 0.3 is 0 Å². The molecule has 1 atom stereocenters. The Morgan fingerprint density at radius 2 is 1.96 bits per heavy atom. The van der Waals surface area contributed by atoms with Crippen LogP contribution in [-0.2, 0) is 16.0 Å². The van der Waals surface area contributed by atoms with Gasteiger partial charge in [-0.1, -0.05) is 12.1 Å². The van der Waals surface area contributed by atoms with E-state index in [2.05, 4.69) is 5.32 Å². The second kappa shape index (κ2) is 5.92. The van der Waals surface area contributed by atoms with Crippen LogP contribution < -0.4 is 5.32 Å². The van der Waals surface area contributed by atoms with Crippen molar-refractivity contribution in [2.45, 2.75) is 31.7 Å². The standard InChI is InChI=1S/C16H16N2O5/c19-8-2-4-9-3-1-5-10-13(9)16(23)18(15(10)22)11-6-7-12(20)17-14(11)21/h1,3,5,11,19H,2,4,6-8H2,(H,17,20,21). The molecule has 0 aliphatic carbocycles.